The highest BCUT2D eigenvalue weighted by Gasteiger charge is 2.28. The number of rotatable bonds is 7. The summed E-state index contributed by atoms with van der Waals surface area (Å²) in [6, 6.07) is 15.9. The summed E-state index contributed by atoms with van der Waals surface area (Å²) in [4.78, 5) is 15.7. The van der Waals surface area contributed by atoms with Gasteiger partial charge in [0.2, 0.25) is 5.95 Å². The van der Waals surface area contributed by atoms with Crippen LogP contribution in [0, 0.1) is 13.8 Å². The van der Waals surface area contributed by atoms with Crippen molar-refractivity contribution in [3.8, 4) is 0 Å². The molecule has 4 rings (SSSR count). The number of nitrogens with zero attached hydrogens (tertiary/aromatic N) is 4. The minimum Gasteiger partial charge on any atom is -0.378 e. The monoisotopic (exact) mass is 436 g/mol. The van der Waals surface area contributed by atoms with Gasteiger partial charge in [-0.25, -0.2) is 0 Å². The Kier molecular flexibility index (Phi) is 6.73. The quantitative estimate of drug-likeness (QED) is 0.402. The number of Topliss-reactive ketones (excluding diaryl/α,β-unsaturated/α-hetero) is 1. The molecule has 31 heavy (non-hydrogen) atoms. The van der Waals surface area contributed by atoms with Gasteiger partial charge in [0.15, 0.2) is 10.9 Å². The molecule has 0 spiro atoms. The van der Waals surface area contributed by atoms with Gasteiger partial charge in [-0.3, -0.25) is 9.36 Å². The SMILES string of the molecule is CCn1c(SC(C(=O)c2ccc(C)cc2)c2ccc(C)cc2)nnc1N1CCOCC1. The van der Waals surface area contributed by atoms with Crippen LogP contribution in [0.1, 0.15) is 39.2 Å². The Morgan fingerprint density at radius 1 is 1.00 bits per heavy atom. The van der Waals surface area contributed by atoms with E-state index in [-0.39, 0.29) is 5.78 Å². The van der Waals surface area contributed by atoms with Crippen molar-refractivity contribution in [2.24, 2.45) is 0 Å². The van der Waals surface area contributed by atoms with Crippen LogP contribution in [0.3, 0.4) is 0 Å². The van der Waals surface area contributed by atoms with Crippen LogP contribution in [-0.4, -0.2) is 46.9 Å². The second-order valence-electron chi connectivity index (χ2n) is 7.77. The lowest BCUT2D eigenvalue weighted by atomic mass is 10.0. The molecule has 2 aromatic carbocycles. The highest BCUT2D eigenvalue weighted by molar-refractivity contribution is 8.00. The number of aryl methyl sites for hydroxylation is 2. The number of aromatic nitrogens is 3. The van der Waals surface area contributed by atoms with E-state index in [0.29, 0.717) is 18.8 Å². The molecule has 162 valence electrons. The largest absolute Gasteiger partial charge is 0.378 e. The zero-order chi connectivity index (χ0) is 21.8. The van der Waals surface area contributed by atoms with Gasteiger partial charge < -0.3 is 9.64 Å². The van der Waals surface area contributed by atoms with Gasteiger partial charge in [0, 0.05) is 25.2 Å². The van der Waals surface area contributed by atoms with Crippen LogP contribution in [0.2, 0.25) is 0 Å². The van der Waals surface area contributed by atoms with Crippen LogP contribution < -0.4 is 4.90 Å². The zero-order valence-corrected chi connectivity index (χ0v) is 19.1. The lowest BCUT2D eigenvalue weighted by Crippen LogP contribution is -2.38. The van der Waals surface area contributed by atoms with Crippen LogP contribution >= 0.6 is 11.8 Å². The van der Waals surface area contributed by atoms with Crippen molar-refractivity contribution in [3.05, 3.63) is 70.8 Å². The summed E-state index contributed by atoms with van der Waals surface area (Å²) >= 11 is 1.47. The molecule has 6 nitrogen and oxygen atoms in total. The van der Waals surface area contributed by atoms with Gasteiger partial charge in [-0.1, -0.05) is 71.4 Å². The molecule has 0 saturated carbocycles. The van der Waals surface area contributed by atoms with Crippen molar-refractivity contribution in [2.75, 3.05) is 31.2 Å². The molecule has 0 radical (unpaired) electrons. The molecule has 0 amide bonds. The fraction of sp³-hybridized carbons (Fsp3) is 0.375. The summed E-state index contributed by atoms with van der Waals surface area (Å²) in [5.74, 6) is 0.922. The van der Waals surface area contributed by atoms with Gasteiger partial charge in [-0.15, -0.1) is 10.2 Å². The second kappa shape index (κ2) is 9.66. The molecule has 1 saturated heterocycles. The number of benzene rings is 2. The van der Waals surface area contributed by atoms with E-state index in [9.17, 15) is 4.79 Å². The predicted octanol–water partition coefficient (Wildman–Crippen LogP) is 4.47. The molecule has 0 aliphatic carbocycles. The summed E-state index contributed by atoms with van der Waals surface area (Å²) in [6.45, 7) is 9.88. The van der Waals surface area contributed by atoms with Crippen LogP contribution in [0.4, 0.5) is 5.95 Å². The van der Waals surface area contributed by atoms with Crippen LogP contribution in [0.25, 0.3) is 0 Å². The van der Waals surface area contributed by atoms with Gasteiger partial charge in [-0.05, 0) is 26.3 Å². The maximum atomic E-state index is 13.5. The molecule has 1 aliphatic heterocycles. The van der Waals surface area contributed by atoms with Crippen molar-refractivity contribution in [1.29, 1.82) is 0 Å². The Labute approximate surface area is 187 Å². The predicted molar refractivity (Wildman–Crippen MR) is 124 cm³/mol. The molecule has 1 fully saturated rings. The highest BCUT2D eigenvalue weighted by Crippen LogP contribution is 2.38. The smallest absolute Gasteiger partial charge is 0.228 e. The number of hydrogen-bond donors (Lipinski definition) is 0. The number of ketones is 1. The average Bonchev–Trinajstić information content (AvgIpc) is 3.21. The molecular formula is C24H28N4O2S. The molecule has 1 aliphatic rings. The first kappa shape index (κ1) is 21.6. The van der Waals surface area contributed by atoms with E-state index >= 15 is 0 Å². The lowest BCUT2D eigenvalue weighted by Gasteiger charge is -2.27. The molecule has 1 atom stereocenters. The number of morpholine rings is 1. The van der Waals surface area contributed by atoms with E-state index < -0.39 is 5.25 Å². The number of anilines is 1. The first-order valence-electron chi connectivity index (χ1n) is 10.7. The van der Waals surface area contributed by atoms with E-state index in [1.54, 1.807) is 0 Å². The third-order valence-corrected chi connectivity index (χ3v) is 6.72. The van der Waals surface area contributed by atoms with E-state index in [0.717, 1.165) is 41.9 Å². The average molecular weight is 437 g/mol. The number of carbonyl (C=O) groups is 1. The molecule has 7 heteroatoms. The van der Waals surface area contributed by atoms with Gasteiger partial charge in [0.05, 0.1) is 13.2 Å². The topological polar surface area (TPSA) is 60.2 Å². The Balaban J connectivity index is 1.67. The summed E-state index contributed by atoms with van der Waals surface area (Å²) in [5, 5.41) is 9.31. The minimum atomic E-state index is -0.393. The maximum absolute atomic E-state index is 13.5. The van der Waals surface area contributed by atoms with E-state index in [4.69, 9.17) is 4.74 Å². The fourth-order valence-electron chi connectivity index (χ4n) is 3.63. The molecule has 0 N–H and O–H groups in total. The Hall–Kier alpha value is -2.64. The number of ether oxygens (including phenoxy) is 1. The Morgan fingerprint density at radius 3 is 2.23 bits per heavy atom. The molecule has 0 bridgehead atoms. The van der Waals surface area contributed by atoms with Gasteiger partial charge in [-0.2, -0.15) is 0 Å². The first-order chi connectivity index (χ1) is 15.1. The minimum absolute atomic E-state index is 0.0763. The summed E-state index contributed by atoms with van der Waals surface area (Å²) < 4.78 is 7.57. The second-order valence-corrected chi connectivity index (χ2v) is 8.84. The zero-order valence-electron chi connectivity index (χ0n) is 18.2. The number of carbonyl (C=O) groups excluding carboxylic acids is 1. The van der Waals surface area contributed by atoms with E-state index in [1.165, 1.54) is 17.3 Å². The van der Waals surface area contributed by atoms with Crippen molar-refractivity contribution in [1.82, 2.24) is 14.8 Å². The third-order valence-electron chi connectivity index (χ3n) is 5.49. The first-order valence-corrected chi connectivity index (χ1v) is 11.5. The number of hydrogen-bond acceptors (Lipinski definition) is 6. The van der Waals surface area contributed by atoms with Crippen molar-refractivity contribution >= 4 is 23.5 Å². The number of thioether (sulfide) groups is 1. The normalized spacial score (nSPS) is 15.1. The summed E-state index contributed by atoms with van der Waals surface area (Å²) in [6.07, 6.45) is 0. The van der Waals surface area contributed by atoms with Gasteiger partial charge >= 0.3 is 0 Å². The standard InChI is InChI=1S/C24H28N4O2S/c1-4-28-23(27-13-15-30-16-14-27)25-26-24(28)31-22(20-11-7-18(3)8-12-20)21(29)19-9-5-17(2)6-10-19/h5-12,22H,4,13-16H2,1-3H3. The fourth-order valence-corrected chi connectivity index (χ4v) is 4.80. The third kappa shape index (κ3) is 4.83. The van der Waals surface area contributed by atoms with Crippen LogP contribution in [-0.2, 0) is 11.3 Å². The molecule has 1 unspecified atom stereocenters. The Bertz CT molecular complexity index is 1020. The van der Waals surface area contributed by atoms with Crippen molar-refractivity contribution < 1.29 is 9.53 Å². The van der Waals surface area contributed by atoms with Crippen LogP contribution in [0.15, 0.2) is 53.7 Å². The maximum Gasteiger partial charge on any atom is 0.228 e. The molecule has 2 heterocycles. The molecular weight excluding hydrogens is 408 g/mol. The van der Waals surface area contributed by atoms with Crippen molar-refractivity contribution in [3.63, 3.8) is 0 Å². The summed E-state index contributed by atoms with van der Waals surface area (Å²) in [5.41, 5.74) is 3.98. The van der Waals surface area contributed by atoms with Crippen molar-refractivity contribution in [2.45, 2.75) is 37.7 Å². The van der Waals surface area contributed by atoms with Gasteiger partial charge in [0.1, 0.15) is 5.25 Å². The van der Waals surface area contributed by atoms with Gasteiger partial charge in [0.25, 0.3) is 0 Å². The van der Waals surface area contributed by atoms with E-state index in [1.807, 2.05) is 43.3 Å². The highest BCUT2D eigenvalue weighted by atomic mass is 32.2. The molecule has 1 aromatic heterocycles. The summed E-state index contributed by atoms with van der Waals surface area (Å²) in [7, 11) is 0. The van der Waals surface area contributed by atoms with Crippen LogP contribution in [0.5, 0.6) is 0 Å². The van der Waals surface area contributed by atoms with E-state index in [2.05, 4.69) is 45.6 Å². The lowest BCUT2D eigenvalue weighted by molar-refractivity contribution is 0.0989. The Morgan fingerprint density at radius 2 is 1.61 bits per heavy atom. The molecule has 3 aromatic rings.